The number of fused-ring (bicyclic) bond motifs is 3. The summed E-state index contributed by atoms with van der Waals surface area (Å²) in [5.41, 5.74) is 6.10. The van der Waals surface area contributed by atoms with Crippen LogP contribution in [0.4, 0.5) is 5.69 Å². The van der Waals surface area contributed by atoms with E-state index in [1.54, 1.807) is 0 Å². The zero-order chi connectivity index (χ0) is 11.1. The number of para-hydroxylation sites is 1. The lowest BCUT2D eigenvalue weighted by atomic mass is 10.1. The molecule has 1 atom stereocenters. The van der Waals surface area contributed by atoms with Crippen molar-refractivity contribution in [3.8, 4) is 0 Å². The van der Waals surface area contributed by atoms with Crippen LogP contribution in [0.5, 0.6) is 0 Å². The van der Waals surface area contributed by atoms with Gasteiger partial charge in [-0.1, -0.05) is 18.2 Å². The van der Waals surface area contributed by atoms with Gasteiger partial charge in [0.1, 0.15) is 18.2 Å². The number of aliphatic imine (C=N–C) groups is 1. The fourth-order valence-corrected chi connectivity index (χ4v) is 2.06. The molecule has 1 aromatic carbocycles. The summed E-state index contributed by atoms with van der Waals surface area (Å²) in [5.74, 6) is 0.856. The minimum Gasteiger partial charge on any atom is -0.301 e. The molecule has 4 heteroatoms. The monoisotopic (exact) mass is 213 g/mol. The number of nitrogens with one attached hydrogen (secondary N) is 1. The third-order valence-corrected chi connectivity index (χ3v) is 2.79. The average molecular weight is 213 g/mol. The zero-order valence-corrected chi connectivity index (χ0v) is 8.84. The number of hydrogen-bond donors (Lipinski definition) is 1. The Morgan fingerprint density at radius 1 is 1.44 bits per heavy atom. The summed E-state index contributed by atoms with van der Waals surface area (Å²) in [7, 11) is 0. The van der Waals surface area contributed by atoms with Gasteiger partial charge in [0, 0.05) is 5.56 Å². The zero-order valence-electron chi connectivity index (χ0n) is 8.84. The van der Waals surface area contributed by atoms with Gasteiger partial charge in [-0.15, -0.1) is 0 Å². The summed E-state index contributed by atoms with van der Waals surface area (Å²) in [6, 6.07) is 7.67. The molecule has 0 aliphatic carbocycles. The van der Waals surface area contributed by atoms with Crippen LogP contribution in [-0.2, 0) is 4.79 Å². The third-order valence-electron chi connectivity index (χ3n) is 2.79. The van der Waals surface area contributed by atoms with Crippen molar-refractivity contribution in [2.24, 2.45) is 4.99 Å². The topological polar surface area (TPSA) is 44.7 Å². The predicted molar refractivity (Wildman–Crippen MR) is 62.0 cm³/mol. The van der Waals surface area contributed by atoms with E-state index in [1.165, 1.54) is 0 Å². The van der Waals surface area contributed by atoms with E-state index in [0.717, 1.165) is 29.1 Å². The Balaban J connectivity index is 2.18. The first kappa shape index (κ1) is 9.30. The highest BCUT2D eigenvalue weighted by molar-refractivity contribution is 5.98. The Morgan fingerprint density at radius 3 is 3.06 bits per heavy atom. The molecule has 0 saturated heterocycles. The summed E-state index contributed by atoms with van der Waals surface area (Å²) < 4.78 is 0. The molecule has 0 saturated carbocycles. The summed E-state index contributed by atoms with van der Waals surface area (Å²) in [6.45, 7) is 1.92. The summed E-state index contributed by atoms with van der Waals surface area (Å²) >= 11 is 0. The van der Waals surface area contributed by atoms with Crippen molar-refractivity contribution < 1.29 is 4.79 Å². The minimum atomic E-state index is -0.258. The quantitative estimate of drug-likeness (QED) is 0.719. The van der Waals surface area contributed by atoms with Gasteiger partial charge < -0.3 is 4.79 Å². The maximum atomic E-state index is 10.8. The molecule has 2 heterocycles. The third kappa shape index (κ3) is 1.20. The lowest BCUT2D eigenvalue weighted by molar-refractivity contribution is -0.108. The molecule has 2 aliphatic rings. The first-order chi connectivity index (χ1) is 7.79. The van der Waals surface area contributed by atoms with E-state index in [2.05, 4.69) is 10.4 Å². The van der Waals surface area contributed by atoms with Crippen molar-refractivity contribution >= 4 is 23.5 Å². The smallest absolute Gasteiger partial charge is 0.142 e. The molecule has 0 fully saturated rings. The standard InChI is InChI=1S/C12H11N3O/c1-8-13-11-5-3-2-4-10(11)12-6-9(7-16)14-15(8)12/h2-7,9,14H,1H3. The van der Waals surface area contributed by atoms with E-state index < -0.39 is 0 Å². The van der Waals surface area contributed by atoms with Crippen LogP contribution in [0.25, 0.3) is 5.70 Å². The van der Waals surface area contributed by atoms with Gasteiger partial charge in [-0.3, -0.25) is 5.01 Å². The van der Waals surface area contributed by atoms with Gasteiger partial charge in [0.2, 0.25) is 0 Å². The van der Waals surface area contributed by atoms with Gasteiger partial charge in [-0.05, 0) is 19.1 Å². The number of nitrogens with zero attached hydrogens (tertiary/aromatic N) is 2. The van der Waals surface area contributed by atoms with Gasteiger partial charge >= 0.3 is 0 Å². The highest BCUT2D eigenvalue weighted by atomic mass is 16.1. The van der Waals surface area contributed by atoms with Crippen molar-refractivity contribution in [2.45, 2.75) is 13.0 Å². The maximum Gasteiger partial charge on any atom is 0.142 e. The Morgan fingerprint density at radius 2 is 2.25 bits per heavy atom. The van der Waals surface area contributed by atoms with E-state index in [0.29, 0.717) is 0 Å². The molecule has 1 aromatic rings. The van der Waals surface area contributed by atoms with Crippen LogP contribution in [0.2, 0.25) is 0 Å². The number of carbonyl (C=O) groups is 1. The van der Waals surface area contributed by atoms with Gasteiger partial charge in [-0.2, -0.15) is 0 Å². The molecular formula is C12H11N3O. The number of hydrazine groups is 1. The summed E-state index contributed by atoms with van der Waals surface area (Å²) in [6.07, 6.45) is 2.81. The minimum absolute atomic E-state index is 0.258. The SMILES string of the molecule is CC1=Nc2ccccc2C2=CC(C=O)NN21. The van der Waals surface area contributed by atoms with Crippen molar-refractivity contribution in [3.63, 3.8) is 0 Å². The molecule has 80 valence electrons. The first-order valence-electron chi connectivity index (χ1n) is 5.18. The van der Waals surface area contributed by atoms with Crippen LogP contribution in [-0.4, -0.2) is 23.2 Å². The fraction of sp³-hybridized carbons (Fsp3) is 0.167. The molecule has 1 unspecified atom stereocenters. The molecular weight excluding hydrogens is 202 g/mol. The molecule has 2 aliphatic heterocycles. The number of carbonyl (C=O) groups excluding carboxylic acids is 1. The second-order valence-corrected chi connectivity index (χ2v) is 3.85. The predicted octanol–water partition coefficient (Wildman–Crippen LogP) is 1.48. The van der Waals surface area contributed by atoms with Crippen LogP contribution in [0, 0.1) is 0 Å². The number of benzene rings is 1. The number of amidine groups is 1. The molecule has 0 amide bonds. The highest BCUT2D eigenvalue weighted by Gasteiger charge is 2.29. The van der Waals surface area contributed by atoms with Gasteiger partial charge in [0.15, 0.2) is 0 Å². The molecule has 0 spiro atoms. The van der Waals surface area contributed by atoms with E-state index in [-0.39, 0.29) is 6.04 Å². The molecule has 1 N–H and O–H groups in total. The van der Waals surface area contributed by atoms with Crippen LogP contribution in [0.15, 0.2) is 35.3 Å². The Kier molecular flexibility index (Phi) is 1.91. The number of hydrogen-bond acceptors (Lipinski definition) is 4. The van der Waals surface area contributed by atoms with Gasteiger partial charge in [-0.25, -0.2) is 10.4 Å². The van der Waals surface area contributed by atoms with Crippen LogP contribution >= 0.6 is 0 Å². The second kappa shape index (κ2) is 3.28. The van der Waals surface area contributed by atoms with Crippen molar-refractivity contribution in [2.75, 3.05) is 0 Å². The molecule has 16 heavy (non-hydrogen) atoms. The number of rotatable bonds is 1. The van der Waals surface area contributed by atoms with Crippen molar-refractivity contribution in [1.82, 2.24) is 10.4 Å². The normalized spacial score (nSPS) is 22.1. The Bertz CT molecular complexity index is 519. The van der Waals surface area contributed by atoms with Gasteiger partial charge in [0.25, 0.3) is 0 Å². The van der Waals surface area contributed by atoms with E-state index in [1.807, 2.05) is 42.3 Å². The largest absolute Gasteiger partial charge is 0.301 e. The highest BCUT2D eigenvalue weighted by Crippen LogP contribution is 2.35. The van der Waals surface area contributed by atoms with E-state index in [4.69, 9.17) is 0 Å². The van der Waals surface area contributed by atoms with Crippen molar-refractivity contribution in [3.05, 3.63) is 35.9 Å². The lowest BCUT2D eigenvalue weighted by Crippen LogP contribution is -2.41. The average Bonchev–Trinajstić information content (AvgIpc) is 2.74. The second-order valence-electron chi connectivity index (χ2n) is 3.85. The Hall–Kier alpha value is -1.94. The molecule has 0 radical (unpaired) electrons. The summed E-state index contributed by atoms with van der Waals surface area (Å²) in [5, 5.41) is 1.86. The van der Waals surface area contributed by atoms with E-state index in [9.17, 15) is 4.79 Å². The van der Waals surface area contributed by atoms with Crippen molar-refractivity contribution in [1.29, 1.82) is 0 Å². The molecule has 0 bridgehead atoms. The van der Waals surface area contributed by atoms with Crippen LogP contribution in [0.3, 0.4) is 0 Å². The molecule has 4 nitrogen and oxygen atoms in total. The van der Waals surface area contributed by atoms with E-state index >= 15 is 0 Å². The Labute approximate surface area is 93.3 Å². The first-order valence-corrected chi connectivity index (χ1v) is 5.18. The lowest BCUT2D eigenvalue weighted by Gasteiger charge is -2.27. The fourth-order valence-electron chi connectivity index (χ4n) is 2.06. The maximum absolute atomic E-state index is 10.8. The summed E-state index contributed by atoms with van der Waals surface area (Å²) in [4.78, 5) is 15.3. The van der Waals surface area contributed by atoms with Crippen LogP contribution < -0.4 is 5.43 Å². The van der Waals surface area contributed by atoms with Gasteiger partial charge in [0.05, 0.1) is 11.4 Å². The molecule has 3 rings (SSSR count). The number of aldehydes is 1. The van der Waals surface area contributed by atoms with Crippen LogP contribution in [0.1, 0.15) is 12.5 Å². The molecule has 0 aromatic heterocycles.